The van der Waals surface area contributed by atoms with Crippen LogP contribution >= 0.6 is 0 Å². The molecule has 1 aromatic rings. The molecule has 0 amide bonds. The Balaban J connectivity index is 2.01. The van der Waals surface area contributed by atoms with Gasteiger partial charge in [-0.2, -0.15) is 5.10 Å². The van der Waals surface area contributed by atoms with Gasteiger partial charge in [0.25, 0.3) is 0 Å². The van der Waals surface area contributed by atoms with Crippen molar-refractivity contribution in [3.8, 4) is 11.5 Å². The molecule has 1 heterocycles. The van der Waals surface area contributed by atoms with Crippen LogP contribution in [0.3, 0.4) is 0 Å². The van der Waals surface area contributed by atoms with E-state index >= 15 is 0 Å². The lowest BCUT2D eigenvalue weighted by molar-refractivity contribution is -0.386. The fourth-order valence-electron chi connectivity index (χ4n) is 2.44. The Labute approximate surface area is 165 Å². The molecule has 0 spiro atoms. The van der Waals surface area contributed by atoms with E-state index in [4.69, 9.17) is 14.9 Å². The van der Waals surface area contributed by atoms with Crippen LogP contribution in [-0.2, 0) is 4.74 Å². The molecule has 0 radical (unpaired) electrons. The molecule has 0 unspecified atom stereocenters. The summed E-state index contributed by atoms with van der Waals surface area (Å²) in [6.45, 7) is 3.82. The van der Waals surface area contributed by atoms with Gasteiger partial charge in [-0.05, 0) is 13.0 Å². The van der Waals surface area contributed by atoms with Gasteiger partial charge in [-0.25, -0.2) is 14.8 Å². The van der Waals surface area contributed by atoms with Gasteiger partial charge < -0.3 is 19.5 Å². The third-order valence-electron chi connectivity index (χ3n) is 4.02. The molecule has 0 atom stereocenters. The highest BCUT2D eigenvalue weighted by atomic mass is 19.1. The molecule has 1 aliphatic rings. The maximum absolute atomic E-state index is 14.2. The van der Waals surface area contributed by atoms with Crippen molar-refractivity contribution >= 4 is 24.1 Å². The number of aliphatic imine (C=N–C) groups is 1. The van der Waals surface area contributed by atoms with Crippen LogP contribution in [0.2, 0.25) is 0 Å². The zero-order chi connectivity index (χ0) is 21.4. The molecule has 0 aromatic heterocycles. The fraction of sp³-hybridized carbons (Fsp3) is 0.353. The Hall–Kier alpha value is -3.54. The van der Waals surface area contributed by atoms with Crippen molar-refractivity contribution in [2.24, 2.45) is 10.1 Å². The number of nitro benzene ring substituents is 1. The Morgan fingerprint density at radius 3 is 2.79 bits per heavy atom. The van der Waals surface area contributed by atoms with E-state index in [-0.39, 0.29) is 11.3 Å². The van der Waals surface area contributed by atoms with Crippen molar-refractivity contribution in [3.63, 3.8) is 0 Å². The second-order valence-electron chi connectivity index (χ2n) is 5.86. The van der Waals surface area contributed by atoms with Gasteiger partial charge in [0.15, 0.2) is 11.6 Å². The van der Waals surface area contributed by atoms with Crippen LogP contribution in [0.5, 0.6) is 11.5 Å². The van der Waals surface area contributed by atoms with Gasteiger partial charge in [-0.3, -0.25) is 15.5 Å². The fourth-order valence-corrected chi connectivity index (χ4v) is 2.44. The van der Waals surface area contributed by atoms with Crippen molar-refractivity contribution in [3.05, 3.63) is 39.3 Å². The Bertz CT molecular complexity index is 864. The summed E-state index contributed by atoms with van der Waals surface area (Å²) in [5.41, 5.74) is 2.35. The molecule has 2 rings (SSSR count). The number of halogens is 1. The number of allylic oxidation sites excluding steroid dienone is 2. The van der Waals surface area contributed by atoms with Gasteiger partial charge in [0.1, 0.15) is 0 Å². The van der Waals surface area contributed by atoms with Gasteiger partial charge in [0, 0.05) is 30.4 Å². The van der Waals surface area contributed by atoms with Crippen LogP contribution in [0.4, 0.5) is 10.1 Å². The van der Waals surface area contributed by atoms with E-state index in [1.54, 1.807) is 6.92 Å². The van der Waals surface area contributed by atoms with Crippen molar-refractivity contribution < 1.29 is 23.9 Å². The number of hydrogen-bond acceptors (Lipinski definition) is 8. The number of ether oxygens (including phenoxy) is 2. The molecule has 1 fully saturated rings. The highest BCUT2D eigenvalue weighted by molar-refractivity contribution is 5.91. The molecule has 1 aliphatic heterocycles. The first-order valence-electron chi connectivity index (χ1n) is 8.49. The van der Waals surface area contributed by atoms with E-state index in [0.717, 1.165) is 12.3 Å². The highest BCUT2D eigenvalue weighted by Gasteiger charge is 2.19. The van der Waals surface area contributed by atoms with Crippen LogP contribution in [-0.4, -0.2) is 66.7 Å². The molecule has 1 saturated heterocycles. The summed E-state index contributed by atoms with van der Waals surface area (Å²) in [6.07, 6.45) is 2.08. The first kappa shape index (κ1) is 21.8. The minimum absolute atomic E-state index is 0.0976. The number of guanidine groups is 1. The van der Waals surface area contributed by atoms with Gasteiger partial charge in [-0.1, -0.05) is 0 Å². The van der Waals surface area contributed by atoms with E-state index < -0.39 is 28.1 Å². The molecule has 1 aromatic carbocycles. The number of nitrogens with one attached hydrogen (secondary N) is 2. The van der Waals surface area contributed by atoms with E-state index in [0.29, 0.717) is 32.0 Å². The predicted octanol–water partition coefficient (Wildman–Crippen LogP) is 1.77. The predicted molar refractivity (Wildman–Crippen MR) is 104 cm³/mol. The molecule has 0 aliphatic carbocycles. The number of nitro groups is 1. The van der Waals surface area contributed by atoms with Gasteiger partial charge in [0.2, 0.25) is 11.7 Å². The number of hydrazone groups is 1. The minimum Gasteiger partial charge on any atom is -0.500 e. The van der Waals surface area contributed by atoms with Gasteiger partial charge in [-0.15, -0.1) is 0 Å². The third-order valence-corrected chi connectivity index (χ3v) is 4.02. The van der Waals surface area contributed by atoms with Crippen LogP contribution in [0.25, 0.3) is 0 Å². The lowest BCUT2D eigenvalue weighted by Crippen LogP contribution is -2.35. The number of morpholine rings is 1. The lowest BCUT2D eigenvalue weighted by Gasteiger charge is -2.29. The number of benzene rings is 1. The molecule has 156 valence electrons. The maximum Gasteiger partial charge on any atom is 0.315 e. The Kier molecular flexibility index (Phi) is 7.60. The van der Waals surface area contributed by atoms with E-state index in [1.165, 1.54) is 19.4 Å². The highest BCUT2D eigenvalue weighted by Crippen LogP contribution is 2.36. The van der Waals surface area contributed by atoms with E-state index in [1.807, 2.05) is 4.90 Å². The average Bonchev–Trinajstić information content (AvgIpc) is 2.72. The number of aromatic hydroxyl groups is 1. The number of methoxy groups -OCH3 is 1. The maximum atomic E-state index is 14.2. The smallest absolute Gasteiger partial charge is 0.315 e. The van der Waals surface area contributed by atoms with E-state index in [9.17, 15) is 19.6 Å². The third kappa shape index (κ3) is 5.97. The molecule has 12 heteroatoms. The molecule has 11 nitrogen and oxygen atoms in total. The molecular formula is C17H21FN6O5. The first-order valence-corrected chi connectivity index (χ1v) is 8.49. The standard InChI is InChI=1S/C17H21FN6O5/c1-11(23-3-5-29-6-4-23)13(18)10-20-17(19)22-21-9-12-7-14(24(26)27)16(25)15(8-12)28-2/h7-10,25H,3-6H2,1-2H3,(H2,19,22)/b13-11-,20-10-,21-9-. The molecule has 0 saturated carbocycles. The van der Waals surface area contributed by atoms with Crippen molar-refractivity contribution in [1.29, 1.82) is 5.41 Å². The van der Waals surface area contributed by atoms with Gasteiger partial charge >= 0.3 is 5.69 Å². The summed E-state index contributed by atoms with van der Waals surface area (Å²) in [4.78, 5) is 15.7. The summed E-state index contributed by atoms with van der Waals surface area (Å²) < 4.78 is 24.2. The topological polar surface area (TPSA) is 146 Å². The van der Waals surface area contributed by atoms with Crippen LogP contribution in [0.15, 0.2) is 33.8 Å². The largest absolute Gasteiger partial charge is 0.500 e. The molecule has 0 bridgehead atoms. The van der Waals surface area contributed by atoms with Gasteiger partial charge in [0.05, 0.1) is 37.7 Å². The quantitative estimate of drug-likeness (QED) is 0.281. The van der Waals surface area contributed by atoms with Crippen molar-refractivity contribution in [2.75, 3.05) is 33.4 Å². The summed E-state index contributed by atoms with van der Waals surface area (Å²) in [6, 6.07) is 2.42. The monoisotopic (exact) mass is 408 g/mol. The molecular weight excluding hydrogens is 387 g/mol. The normalized spacial score (nSPS) is 15.5. The minimum atomic E-state index is -0.763. The lowest BCUT2D eigenvalue weighted by atomic mass is 10.2. The first-order chi connectivity index (χ1) is 13.8. The number of rotatable bonds is 6. The van der Waals surface area contributed by atoms with Crippen LogP contribution in [0, 0.1) is 15.5 Å². The number of hydrogen-bond donors (Lipinski definition) is 3. The SMILES string of the molecule is COc1cc(/C=N\NC(=N)/N=C\C(F)=C(/C)N2CCOCC2)cc([N+](=O)[O-])c1O. The second-order valence-corrected chi connectivity index (χ2v) is 5.86. The number of phenols is 1. The zero-order valence-corrected chi connectivity index (χ0v) is 15.9. The molecule has 29 heavy (non-hydrogen) atoms. The van der Waals surface area contributed by atoms with Crippen LogP contribution in [0.1, 0.15) is 12.5 Å². The zero-order valence-electron chi connectivity index (χ0n) is 15.9. The van der Waals surface area contributed by atoms with Crippen molar-refractivity contribution in [1.82, 2.24) is 10.3 Å². The summed E-state index contributed by atoms with van der Waals surface area (Å²) in [7, 11) is 1.25. The summed E-state index contributed by atoms with van der Waals surface area (Å²) in [5, 5.41) is 32.1. The number of nitrogens with zero attached hydrogens (tertiary/aromatic N) is 4. The van der Waals surface area contributed by atoms with Crippen LogP contribution < -0.4 is 10.2 Å². The van der Waals surface area contributed by atoms with Crippen molar-refractivity contribution in [2.45, 2.75) is 6.92 Å². The number of phenolic OH excluding ortho intramolecular Hbond substituents is 1. The average molecular weight is 408 g/mol. The Morgan fingerprint density at radius 2 is 2.17 bits per heavy atom. The Morgan fingerprint density at radius 1 is 1.48 bits per heavy atom. The summed E-state index contributed by atoms with van der Waals surface area (Å²) >= 11 is 0. The van der Waals surface area contributed by atoms with E-state index in [2.05, 4.69) is 15.5 Å². The second kappa shape index (κ2) is 10.1. The molecule has 3 N–H and O–H groups in total. The summed E-state index contributed by atoms with van der Waals surface area (Å²) in [5.74, 6) is -1.72.